The van der Waals surface area contributed by atoms with Gasteiger partial charge in [0, 0.05) is 16.7 Å². The van der Waals surface area contributed by atoms with Crippen LogP contribution >= 0.6 is 0 Å². The molecular formula is C16H11NO5. The molecule has 0 radical (unpaired) electrons. The number of ether oxygens (including phenoxy) is 1. The highest BCUT2D eigenvalue weighted by atomic mass is 16.7. The van der Waals surface area contributed by atoms with Crippen molar-refractivity contribution in [2.24, 2.45) is 0 Å². The maximum absolute atomic E-state index is 12.6. The molecule has 0 saturated heterocycles. The van der Waals surface area contributed by atoms with Gasteiger partial charge in [0.25, 0.3) is 0 Å². The Morgan fingerprint density at radius 3 is 2.18 bits per heavy atom. The summed E-state index contributed by atoms with van der Waals surface area (Å²) in [5.74, 6) is -0.873. The van der Waals surface area contributed by atoms with Crippen LogP contribution in [0, 0.1) is 6.92 Å². The molecule has 0 bridgehead atoms. The van der Waals surface area contributed by atoms with Crippen molar-refractivity contribution in [2.75, 3.05) is 5.73 Å². The molecular weight excluding hydrogens is 286 g/mol. The predicted octanol–water partition coefficient (Wildman–Crippen LogP) is 2.41. The molecule has 1 aliphatic carbocycles. The molecule has 0 aliphatic heterocycles. The standard InChI is InChI=1S/C16H11NO5/c1-7-6-10(22-16(20)21)13(17)12-11(7)14(18)8-4-2-3-5-9(8)15(12)19/h2-6H,17H2,1H3,(H,20,21). The summed E-state index contributed by atoms with van der Waals surface area (Å²) in [4.78, 5) is 35.9. The SMILES string of the molecule is Cc1cc(OC(=O)O)c(N)c2c1C(=O)c1ccccc1C2=O. The van der Waals surface area contributed by atoms with E-state index in [0.717, 1.165) is 0 Å². The number of carboxylic acid groups (broad SMARTS) is 1. The van der Waals surface area contributed by atoms with Crippen molar-refractivity contribution in [3.05, 3.63) is 58.1 Å². The van der Waals surface area contributed by atoms with Gasteiger partial charge in [0.15, 0.2) is 17.3 Å². The number of hydrogen-bond donors (Lipinski definition) is 2. The second kappa shape index (κ2) is 4.70. The van der Waals surface area contributed by atoms with Crippen molar-refractivity contribution in [1.29, 1.82) is 0 Å². The van der Waals surface area contributed by atoms with E-state index in [1.165, 1.54) is 12.1 Å². The molecule has 22 heavy (non-hydrogen) atoms. The number of hydrogen-bond acceptors (Lipinski definition) is 5. The van der Waals surface area contributed by atoms with Crippen molar-refractivity contribution in [1.82, 2.24) is 0 Å². The number of nitrogens with two attached hydrogens (primary N) is 1. The Labute approximate surface area is 125 Å². The lowest BCUT2D eigenvalue weighted by molar-refractivity contribution is 0.0978. The number of carbonyl (C=O) groups excluding carboxylic acids is 2. The summed E-state index contributed by atoms with van der Waals surface area (Å²) in [5.41, 5.74) is 6.92. The second-order valence-electron chi connectivity index (χ2n) is 4.93. The molecule has 0 amide bonds. The summed E-state index contributed by atoms with van der Waals surface area (Å²) in [6.07, 6.45) is -1.54. The minimum absolute atomic E-state index is 0.0000463. The third kappa shape index (κ3) is 1.85. The van der Waals surface area contributed by atoms with Gasteiger partial charge < -0.3 is 15.6 Å². The summed E-state index contributed by atoms with van der Waals surface area (Å²) in [6, 6.07) is 7.79. The zero-order valence-corrected chi connectivity index (χ0v) is 11.5. The lowest BCUT2D eigenvalue weighted by atomic mass is 9.81. The number of carbonyl (C=O) groups is 3. The molecule has 0 heterocycles. The summed E-state index contributed by atoms with van der Waals surface area (Å²) in [5, 5.41) is 8.73. The van der Waals surface area contributed by atoms with Gasteiger partial charge >= 0.3 is 6.16 Å². The number of aryl methyl sites for hydroxylation is 1. The van der Waals surface area contributed by atoms with E-state index >= 15 is 0 Å². The van der Waals surface area contributed by atoms with E-state index in [2.05, 4.69) is 4.74 Å². The van der Waals surface area contributed by atoms with Gasteiger partial charge in [-0.2, -0.15) is 0 Å². The summed E-state index contributed by atoms with van der Waals surface area (Å²) in [7, 11) is 0. The van der Waals surface area contributed by atoms with Crippen LogP contribution < -0.4 is 10.5 Å². The van der Waals surface area contributed by atoms with Crippen LogP contribution in [-0.4, -0.2) is 22.8 Å². The smallest absolute Gasteiger partial charge is 0.449 e. The Morgan fingerprint density at radius 1 is 1.09 bits per heavy atom. The van der Waals surface area contributed by atoms with Gasteiger partial charge in [-0.25, -0.2) is 4.79 Å². The lowest BCUT2D eigenvalue weighted by Gasteiger charge is -2.21. The third-order valence-electron chi connectivity index (χ3n) is 3.59. The van der Waals surface area contributed by atoms with Crippen LogP contribution in [0.2, 0.25) is 0 Å². The summed E-state index contributed by atoms with van der Waals surface area (Å²) < 4.78 is 4.59. The highest BCUT2D eigenvalue weighted by Crippen LogP contribution is 2.38. The molecule has 1 aliphatic rings. The number of anilines is 1. The van der Waals surface area contributed by atoms with E-state index in [-0.39, 0.29) is 33.9 Å². The Bertz CT molecular complexity index is 854. The zero-order chi connectivity index (χ0) is 16.0. The average molecular weight is 297 g/mol. The van der Waals surface area contributed by atoms with Crippen LogP contribution in [0.15, 0.2) is 30.3 Å². The largest absolute Gasteiger partial charge is 0.511 e. The fraction of sp³-hybridized carbons (Fsp3) is 0.0625. The molecule has 110 valence electrons. The van der Waals surface area contributed by atoms with Crippen molar-refractivity contribution in [3.8, 4) is 5.75 Å². The number of ketones is 2. The van der Waals surface area contributed by atoms with Crippen molar-refractivity contribution >= 4 is 23.4 Å². The van der Waals surface area contributed by atoms with Crippen molar-refractivity contribution < 1.29 is 24.2 Å². The molecule has 3 N–H and O–H groups in total. The number of fused-ring (bicyclic) bond motifs is 2. The fourth-order valence-electron chi connectivity index (χ4n) is 2.66. The van der Waals surface area contributed by atoms with Crippen LogP contribution in [0.5, 0.6) is 5.75 Å². The average Bonchev–Trinajstić information content (AvgIpc) is 2.47. The first-order valence-corrected chi connectivity index (χ1v) is 6.44. The van der Waals surface area contributed by atoms with Gasteiger partial charge in [0.2, 0.25) is 0 Å². The Balaban J connectivity index is 2.31. The maximum Gasteiger partial charge on any atom is 0.511 e. The Hall–Kier alpha value is -3.15. The lowest BCUT2D eigenvalue weighted by Crippen LogP contribution is -2.24. The van der Waals surface area contributed by atoms with E-state index in [9.17, 15) is 14.4 Å². The van der Waals surface area contributed by atoms with Crippen LogP contribution in [0.3, 0.4) is 0 Å². The molecule has 3 rings (SSSR count). The van der Waals surface area contributed by atoms with E-state index < -0.39 is 11.9 Å². The van der Waals surface area contributed by atoms with Crippen LogP contribution in [0.1, 0.15) is 37.4 Å². The molecule has 0 spiro atoms. The molecule has 0 fully saturated rings. The number of benzene rings is 2. The predicted molar refractivity (Wildman–Crippen MR) is 77.6 cm³/mol. The first-order chi connectivity index (χ1) is 10.4. The molecule has 6 heteroatoms. The highest BCUT2D eigenvalue weighted by molar-refractivity contribution is 6.30. The van der Waals surface area contributed by atoms with Gasteiger partial charge in [-0.3, -0.25) is 9.59 Å². The molecule has 0 atom stereocenters. The van der Waals surface area contributed by atoms with Gasteiger partial charge in [-0.05, 0) is 18.6 Å². The van der Waals surface area contributed by atoms with E-state index in [1.807, 2.05) is 0 Å². The van der Waals surface area contributed by atoms with E-state index in [1.54, 1.807) is 25.1 Å². The van der Waals surface area contributed by atoms with Gasteiger partial charge in [0.05, 0.1) is 11.3 Å². The number of nitrogen functional groups attached to an aromatic ring is 1. The van der Waals surface area contributed by atoms with Crippen molar-refractivity contribution in [3.63, 3.8) is 0 Å². The third-order valence-corrected chi connectivity index (χ3v) is 3.59. The minimum Gasteiger partial charge on any atom is -0.449 e. The van der Waals surface area contributed by atoms with Crippen molar-refractivity contribution in [2.45, 2.75) is 6.92 Å². The molecule has 0 unspecified atom stereocenters. The van der Waals surface area contributed by atoms with E-state index in [0.29, 0.717) is 11.1 Å². The second-order valence-corrected chi connectivity index (χ2v) is 4.93. The van der Waals surface area contributed by atoms with Crippen LogP contribution in [0.25, 0.3) is 0 Å². The Kier molecular flexibility index (Phi) is 2.95. The van der Waals surface area contributed by atoms with Gasteiger partial charge in [-0.1, -0.05) is 24.3 Å². The normalized spacial score (nSPS) is 12.6. The highest BCUT2D eigenvalue weighted by Gasteiger charge is 2.34. The summed E-state index contributed by atoms with van der Waals surface area (Å²) >= 11 is 0. The molecule has 2 aromatic carbocycles. The monoisotopic (exact) mass is 297 g/mol. The minimum atomic E-state index is -1.54. The summed E-state index contributed by atoms with van der Waals surface area (Å²) in [6.45, 7) is 1.60. The molecule has 2 aromatic rings. The van der Waals surface area contributed by atoms with Crippen LogP contribution in [0.4, 0.5) is 10.5 Å². The fourth-order valence-corrected chi connectivity index (χ4v) is 2.66. The first-order valence-electron chi connectivity index (χ1n) is 6.44. The quantitative estimate of drug-likeness (QED) is 0.406. The zero-order valence-electron chi connectivity index (χ0n) is 11.5. The van der Waals surface area contributed by atoms with Gasteiger partial charge in [0.1, 0.15) is 0 Å². The molecule has 0 saturated carbocycles. The molecule has 0 aromatic heterocycles. The first kappa shape index (κ1) is 13.8. The Morgan fingerprint density at radius 2 is 1.64 bits per heavy atom. The maximum atomic E-state index is 12.6. The topological polar surface area (TPSA) is 107 Å². The van der Waals surface area contributed by atoms with Crippen LogP contribution in [-0.2, 0) is 0 Å². The van der Waals surface area contributed by atoms with Gasteiger partial charge in [-0.15, -0.1) is 0 Å². The number of rotatable bonds is 1. The van der Waals surface area contributed by atoms with E-state index in [4.69, 9.17) is 10.8 Å². The molecule has 6 nitrogen and oxygen atoms in total.